The maximum atomic E-state index is 13.4. The maximum absolute atomic E-state index is 13.4. The van der Waals surface area contributed by atoms with E-state index >= 15 is 0 Å². The summed E-state index contributed by atoms with van der Waals surface area (Å²) in [5, 5.41) is 10.7. The van der Waals surface area contributed by atoms with E-state index in [1.54, 1.807) is 6.20 Å². The van der Waals surface area contributed by atoms with Crippen molar-refractivity contribution in [1.29, 1.82) is 0 Å². The molecule has 1 unspecified atom stereocenters. The Bertz CT molecular complexity index is 791. The number of rotatable bonds is 4. The van der Waals surface area contributed by atoms with Crippen LogP contribution in [0.5, 0.6) is 0 Å². The van der Waals surface area contributed by atoms with E-state index in [1.807, 2.05) is 47.4 Å². The summed E-state index contributed by atoms with van der Waals surface area (Å²) in [7, 11) is 0. The molecular weight excluding hydrogens is 362 g/mol. The third-order valence-corrected chi connectivity index (χ3v) is 5.81. The number of aromatic nitrogens is 1. The van der Waals surface area contributed by atoms with Crippen molar-refractivity contribution >= 4 is 23.3 Å². The molecule has 5 nitrogen and oxygen atoms in total. The zero-order valence-electron chi connectivity index (χ0n) is 15.2. The number of β-amino-alcohol motifs (C(OH)–C–C–N with tert-alkyl or cyclic N) is 1. The lowest BCUT2D eigenvalue weighted by Gasteiger charge is -2.52. The second-order valence-corrected chi connectivity index (χ2v) is 8.11. The average molecular weight is 386 g/mol. The summed E-state index contributed by atoms with van der Waals surface area (Å²) in [6.45, 7) is 2.43. The molecule has 0 bridgehead atoms. The molecule has 1 atom stereocenters. The van der Waals surface area contributed by atoms with Crippen LogP contribution in [-0.4, -0.2) is 53.2 Å². The van der Waals surface area contributed by atoms with Gasteiger partial charge < -0.3 is 14.9 Å². The highest BCUT2D eigenvalue weighted by atomic mass is 35.5. The second kappa shape index (κ2) is 7.49. The molecule has 4 rings (SSSR count). The Morgan fingerprint density at radius 3 is 2.67 bits per heavy atom. The van der Waals surface area contributed by atoms with Gasteiger partial charge in [-0.15, -0.1) is 0 Å². The molecule has 2 saturated heterocycles. The minimum Gasteiger partial charge on any atom is -0.391 e. The van der Waals surface area contributed by atoms with Gasteiger partial charge in [-0.1, -0.05) is 29.8 Å². The molecule has 2 aromatic rings. The Morgan fingerprint density at radius 2 is 2.00 bits per heavy atom. The summed E-state index contributed by atoms with van der Waals surface area (Å²) in [6.07, 6.45) is 3.65. The number of carbonyl (C=O) groups is 1. The zero-order valence-corrected chi connectivity index (χ0v) is 16.0. The number of amides is 1. The molecule has 2 aliphatic rings. The number of nitrogens with zero attached hydrogens (tertiary/aromatic N) is 3. The summed E-state index contributed by atoms with van der Waals surface area (Å²) < 4.78 is 0. The third kappa shape index (κ3) is 3.80. The van der Waals surface area contributed by atoms with Crippen molar-refractivity contribution in [2.24, 2.45) is 5.41 Å². The third-order valence-electron chi connectivity index (χ3n) is 5.55. The van der Waals surface area contributed by atoms with Crippen LogP contribution in [-0.2, 0) is 11.2 Å². The van der Waals surface area contributed by atoms with E-state index in [4.69, 9.17) is 11.6 Å². The van der Waals surface area contributed by atoms with Gasteiger partial charge in [0.15, 0.2) is 0 Å². The van der Waals surface area contributed by atoms with E-state index in [2.05, 4.69) is 9.88 Å². The zero-order chi connectivity index (χ0) is 18.9. The lowest BCUT2D eigenvalue weighted by molar-refractivity contribution is -0.147. The van der Waals surface area contributed by atoms with Crippen LogP contribution in [0.15, 0.2) is 48.7 Å². The lowest BCUT2D eigenvalue weighted by atomic mass is 9.73. The van der Waals surface area contributed by atoms with Crippen LogP contribution in [0.3, 0.4) is 0 Å². The molecule has 1 amide bonds. The Hall–Kier alpha value is -2.11. The number of hydrogen-bond acceptors (Lipinski definition) is 4. The second-order valence-electron chi connectivity index (χ2n) is 7.67. The van der Waals surface area contributed by atoms with Gasteiger partial charge in [-0.25, -0.2) is 4.98 Å². The predicted molar refractivity (Wildman–Crippen MR) is 106 cm³/mol. The predicted octanol–water partition coefficient (Wildman–Crippen LogP) is 2.77. The first-order valence-corrected chi connectivity index (χ1v) is 9.81. The number of likely N-dealkylation sites (tertiary alicyclic amines) is 1. The highest BCUT2D eigenvalue weighted by molar-refractivity contribution is 6.30. The minimum atomic E-state index is -0.484. The maximum Gasteiger partial charge on any atom is 0.232 e. The summed E-state index contributed by atoms with van der Waals surface area (Å²) >= 11 is 6.01. The summed E-state index contributed by atoms with van der Waals surface area (Å²) in [5.74, 6) is 1.04. The van der Waals surface area contributed by atoms with Crippen LogP contribution in [0.2, 0.25) is 5.02 Å². The molecule has 2 fully saturated rings. The van der Waals surface area contributed by atoms with Crippen molar-refractivity contribution in [3.63, 3.8) is 0 Å². The number of anilines is 1. The van der Waals surface area contributed by atoms with Crippen molar-refractivity contribution in [1.82, 2.24) is 9.88 Å². The van der Waals surface area contributed by atoms with Crippen molar-refractivity contribution in [3.8, 4) is 0 Å². The van der Waals surface area contributed by atoms with Crippen molar-refractivity contribution < 1.29 is 9.90 Å². The van der Waals surface area contributed by atoms with Crippen LogP contribution in [0.25, 0.3) is 0 Å². The van der Waals surface area contributed by atoms with E-state index in [9.17, 15) is 9.90 Å². The fraction of sp³-hybridized carbons (Fsp3) is 0.429. The van der Waals surface area contributed by atoms with Gasteiger partial charge in [0.2, 0.25) is 5.91 Å². The highest BCUT2D eigenvalue weighted by Crippen LogP contribution is 2.39. The fourth-order valence-electron chi connectivity index (χ4n) is 4.18. The smallest absolute Gasteiger partial charge is 0.232 e. The van der Waals surface area contributed by atoms with Gasteiger partial charge in [-0.05, 0) is 49.1 Å². The number of carbonyl (C=O) groups excluding carboxylic acids is 1. The SMILES string of the molecule is O=C(N1CCCC(O)C1)C1(Cc2ccc(Cl)cc2)CN(c2ccccn2)C1. The van der Waals surface area contributed by atoms with Crippen LogP contribution < -0.4 is 4.90 Å². The van der Waals surface area contributed by atoms with Crippen molar-refractivity contribution in [2.45, 2.75) is 25.4 Å². The van der Waals surface area contributed by atoms with E-state index in [-0.39, 0.29) is 5.91 Å². The largest absolute Gasteiger partial charge is 0.391 e. The summed E-state index contributed by atoms with van der Waals surface area (Å²) in [4.78, 5) is 21.8. The molecule has 2 aliphatic heterocycles. The van der Waals surface area contributed by atoms with Crippen molar-refractivity contribution in [3.05, 3.63) is 59.2 Å². The van der Waals surface area contributed by atoms with Gasteiger partial charge in [0.25, 0.3) is 0 Å². The van der Waals surface area contributed by atoms with Gasteiger partial charge in [-0.2, -0.15) is 0 Å². The first-order valence-electron chi connectivity index (χ1n) is 9.44. The topological polar surface area (TPSA) is 56.7 Å². The van der Waals surface area contributed by atoms with Crippen molar-refractivity contribution in [2.75, 3.05) is 31.1 Å². The van der Waals surface area contributed by atoms with E-state index in [0.29, 0.717) is 31.1 Å². The number of piperidine rings is 1. The number of aliphatic hydroxyl groups excluding tert-OH is 1. The van der Waals surface area contributed by atoms with Crippen LogP contribution in [0.1, 0.15) is 18.4 Å². The Labute approximate surface area is 164 Å². The molecule has 6 heteroatoms. The standard InChI is InChI=1S/C21H24ClN3O2/c22-17-8-6-16(7-9-17)12-21(20(27)24-11-3-4-18(26)13-24)14-25(15-21)19-5-1-2-10-23-19/h1-2,5-10,18,26H,3-4,11-15H2. The van der Waals surface area contributed by atoms with Gasteiger partial charge in [0.05, 0.1) is 11.5 Å². The van der Waals surface area contributed by atoms with E-state index in [1.165, 1.54) is 0 Å². The van der Waals surface area contributed by atoms with Crippen LogP contribution >= 0.6 is 11.6 Å². The fourth-order valence-corrected chi connectivity index (χ4v) is 4.30. The first-order chi connectivity index (χ1) is 13.1. The molecule has 0 spiro atoms. The molecule has 1 N–H and O–H groups in total. The van der Waals surface area contributed by atoms with Gasteiger partial charge >= 0.3 is 0 Å². The summed E-state index contributed by atoms with van der Waals surface area (Å²) in [6, 6.07) is 13.6. The summed E-state index contributed by atoms with van der Waals surface area (Å²) in [5.41, 5.74) is 0.619. The Kier molecular flexibility index (Phi) is 5.06. The molecule has 0 radical (unpaired) electrons. The molecule has 0 aliphatic carbocycles. The average Bonchev–Trinajstić information content (AvgIpc) is 2.66. The van der Waals surface area contributed by atoms with Gasteiger partial charge in [-0.3, -0.25) is 4.79 Å². The molecule has 1 aromatic carbocycles. The molecule has 1 aromatic heterocycles. The van der Waals surface area contributed by atoms with Gasteiger partial charge in [0.1, 0.15) is 5.82 Å². The van der Waals surface area contributed by atoms with Crippen LogP contribution in [0, 0.1) is 5.41 Å². The number of hydrogen-bond donors (Lipinski definition) is 1. The van der Waals surface area contributed by atoms with Gasteiger partial charge in [0, 0.05) is 37.4 Å². The lowest BCUT2D eigenvalue weighted by Crippen LogP contribution is -2.66. The number of aliphatic hydroxyl groups is 1. The molecule has 27 heavy (non-hydrogen) atoms. The Morgan fingerprint density at radius 1 is 1.22 bits per heavy atom. The van der Waals surface area contributed by atoms with E-state index in [0.717, 1.165) is 30.8 Å². The van der Waals surface area contributed by atoms with Crippen LogP contribution in [0.4, 0.5) is 5.82 Å². The minimum absolute atomic E-state index is 0.142. The molecule has 142 valence electrons. The van der Waals surface area contributed by atoms with E-state index < -0.39 is 11.5 Å². The number of pyridine rings is 1. The normalized spacial score (nSPS) is 21.6. The Balaban J connectivity index is 1.56. The molecule has 3 heterocycles. The molecule has 0 saturated carbocycles. The molecular formula is C21H24ClN3O2. The monoisotopic (exact) mass is 385 g/mol. The number of benzene rings is 1. The first kappa shape index (κ1) is 18.3. The highest BCUT2D eigenvalue weighted by Gasteiger charge is 2.51. The number of halogens is 1. The quantitative estimate of drug-likeness (QED) is 0.879.